The van der Waals surface area contributed by atoms with Gasteiger partial charge in [0.05, 0.1) is 17.6 Å². The molecular formula is C12H14ClF2N3O2. The molecule has 0 aromatic carbocycles. The minimum absolute atomic E-state index is 0.240. The number of amides is 1. The van der Waals surface area contributed by atoms with Gasteiger partial charge in [0.2, 0.25) is 5.91 Å². The lowest BCUT2D eigenvalue weighted by atomic mass is 10.2. The Balaban J connectivity index is 1.98. The lowest BCUT2D eigenvalue weighted by Crippen LogP contribution is -2.41. The van der Waals surface area contributed by atoms with E-state index in [2.05, 4.69) is 10.3 Å². The molecule has 1 aromatic rings. The number of aliphatic hydroxyl groups excluding tert-OH is 1. The Morgan fingerprint density at radius 1 is 1.65 bits per heavy atom. The second-order valence-corrected chi connectivity index (χ2v) is 5.17. The predicted octanol–water partition coefficient (Wildman–Crippen LogP) is 1.37. The molecule has 1 aliphatic heterocycles. The van der Waals surface area contributed by atoms with Crippen LogP contribution in [0.15, 0.2) is 18.3 Å². The predicted molar refractivity (Wildman–Crippen MR) is 69.9 cm³/mol. The first-order valence-corrected chi connectivity index (χ1v) is 6.40. The van der Waals surface area contributed by atoms with Crippen molar-refractivity contribution >= 4 is 23.3 Å². The topological polar surface area (TPSA) is 65.5 Å². The summed E-state index contributed by atoms with van der Waals surface area (Å²) in [5, 5.41) is 12.2. The standard InChI is InChI=1S/C12H14ClF2N3O2/c1-7(18-5-9(19)12(14,15)6-18)11(20)17-10-3-2-8(13)4-16-10/h2-4,7,9,19H,5-6H2,1H3,(H,16,17,20)/t7-,9-/m0/s1. The maximum Gasteiger partial charge on any atom is 0.287 e. The average Bonchev–Trinajstić information content (AvgIpc) is 2.65. The first-order chi connectivity index (χ1) is 9.29. The van der Waals surface area contributed by atoms with Crippen LogP contribution in [0.3, 0.4) is 0 Å². The molecule has 0 saturated carbocycles. The zero-order valence-corrected chi connectivity index (χ0v) is 11.4. The van der Waals surface area contributed by atoms with Crippen LogP contribution in [0.5, 0.6) is 0 Å². The van der Waals surface area contributed by atoms with Crippen molar-refractivity contribution in [2.75, 3.05) is 18.4 Å². The number of hydrogen-bond acceptors (Lipinski definition) is 4. The summed E-state index contributed by atoms with van der Waals surface area (Å²) in [6.45, 7) is 0.617. The van der Waals surface area contributed by atoms with Crippen molar-refractivity contribution in [3.8, 4) is 0 Å². The van der Waals surface area contributed by atoms with E-state index < -0.39 is 30.5 Å². The summed E-state index contributed by atoms with van der Waals surface area (Å²) in [7, 11) is 0. The zero-order chi connectivity index (χ0) is 14.9. The SMILES string of the molecule is C[C@@H](C(=O)Nc1ccc(Cl)cn1)N1C[C@H](O)C(F)(F)C1. The highest BCUT2D eigenvalue weighted by Crippen LogP contribution is 2.28. The van der Waals surface area contributed by atoms with Gasteiger partial charge >= 0.3 is 0 Å². The number of hydrogen-bond donors (Lipinski definition) is 2. The second kappa shape index (κ2) is 5.59. The lowest BCUT2D eigenvalue weighted by Gasteiger charge is -2.22. The number of rotatable bonds is 3. The molecule has 0 unspecified atom stereocenters. The van der Waals surface area contributed by atoms with E-state index in [1.807, 2.05) is 0 Å². The Morgan fingerprint density at radius 2 is 2.35 bits per heavy atom. The van der Waals surface area contributed by atoms with Gasteiger partial charge in [-0.1, -0.05) is 11.6 Å². The van der Waals surface area contributed by atoms with E-state index >= 15 is 0 Å². The Kier molecular flexibility index (Phi) is 4.22. The number of nitrogens with one attached hydrogen (secondary N) is 1. The molecule has 20 heavy (non-hydrogen) atoms. The molecule has 1 fully saturated rings. The summed E-state index contributed by atoms with van der Waals surface area (Å²) in [6.07, 6.45) is -0.373. The molecule has 5 nitrogen and oxygen atoms in total. The zero-order valence-electron chi connectivity index (χ0n) is 10.7. The van der Waals surface area contributed by atoms with Gasteiger partial charge in [0.1, 0.15) is 11.9 Å². The third-order valence-corrected chi connectivity index (χ3v) is 3.44. The molecule has 0 bridgehead atoms. The second-order valence-electron chi connectivity index (χ2n) is 4.73. The molecule has 1 saturated heterocycles. The van der Waals surface area contributed by atoms with E-state index in [1.165, 1.54) is 24.1 Å². The normalized spacial score (nSPS) is 23.6. The molecule has 8 heteroatoms. The summed E-state index contributed by atoms with van der Waals surface area (Å²) >= 11 is 5.67. The smallest absolute Gasteiger partial charge is 0.287 e. The van der Waals surface area contributed by atoms with Gasteiger partial charge in [-0.05, 0) is 19.1 Å². The largest absolute Gasteiger partial charge is 0.385 e. The number of halogens is 3. The number of nitrogens with zero attached hydrogens (tertiary/aromatic N) is 2. The average molecular weight is 306 g/mol. The monoisotopic (exact) mass is 305 g/mol. The van der Waals surface area contributed by atoms with Crippen molar-refractivity contribution < 1.29 is 18.7 Å². The molecule has 2 atom stereocenters. The number of pyridine rings is 1. The molecule has 0 aliphatic carbocycles. The Morgan fingerprint density at radius 3 is 2.85 bits per heavy atom. The number of carbonyl (C=O) groups is 1. The quantitative estimate of drug-likeness (QED) is 0.885. The summed E-state index contributed by atoms with van der Waals surface area (Å²) in [6, 6.07) is 2.28. The van der Waals surface area contributed by atoms with Crippen molar-refractivity contribution in [3.05, 3.63) is 23.4 Å². The van der Waals surface area contributed by atoms with Crippen LogP contribution < -0.4 is 5.32 Å². The van der Waals surface area contributed by atoms with Crippen LogP contribution in [0.25, 0.3) is 0 Å². The molecule has 1 aromatic heterocycles. The molecule has 1 aliphatic rings. The highest BCUT2D eigenvalue weighted by atomic mass is 35.5. The van der Waals surface area contributed by atoms with Gasteiger partial charge in [0.15, 0.2) is 0 Å². The highest BCUT2D eigenvalue weighted by Gasteiger charge is 2.49. The number of carbonyl (C=O) groups excluding carboxylic acids is 1. The van der Waals surface area contributed by atoms with Crippen LogP contribution in [0.1, 0.15) is 6.92 Å². The number of alkyl halides is 2. The molecule has 1 amide bonds. The van der Waals surface area contributed by atoms with Crippen LogP contribution in [-0.4, -0.2) is 52.1 Å². The third kappa shape index (κ3) is 3.23. The Hall–Kier alpha value is -1.31. The molecule has 0 spiro atoms. The number of anilines is 1. The van der Waals surface area contributed by atoms with Crippen molar-refractivity contribution in [3.63, 3.8) is 0 Å². The van der Waals surface area contributed by atoms with Crippen LogP contribution in [0.2, 0.25) is 5.02 Å². The van der Waals surface area contributed by atoms with E-state index in [0.717, 1.165) is 0 Å². The Labute approximate surface area is 119 Å². The van der Waals surface area contributed by atoms with Gasteiger partial charge in [-0.15, -0.1) is 0 Å². The number of likely N-dealkylation sites (tertiary alicyclic amines) is 1. The van der Waals surface area contributed by atoms with E-state index in [1.54, 1.807) is 6.07 Å². The maximum absolute atomic E-state index is 13.2. The van der Waals surface area contributed by atoms with Crippen molar-refractivity contribution in [1.29, 1.82) is 0 Å². The Bertz CT molecular complexity index is 498. The number of β-amino-alcohol motifs (C(OH)–C–C–N with tert-alkyl or cyclic N) is 1. The van der Waals surface area contributed by atoms with Crippen molar-refractivity contribution in [2.24, 2.45) is 0 Å². The van der Waals surface area contributed by atoms with Gasteiger partial charge in [-0.2, -0.15) is 0 Å². The van der Waals surface area contributed by atoms with Crippen LogP contribution >= 0.6 is 11.6 Å². The fourth-order valence-electron chi connectivity index (χ4n) is 1.94. The molecule has 0 radical (unpaired) electrons. The van der Waals surface area contributed by atoms with E-state index in [-0.39, 0.29) is 12.4 Å². The minimum Gasteiger partial charge on any atom is -0.385 e. The summed E-state index contributed by atoms with van der Waals surface area (Å²) in [4.78, 5) is 17.1. The van der Waals surface area contributed by atoms with Crippen molar-refractivity contribution in [1.82, 2.24) is 9.88 Å². The first-order valence-electron chi connectivity index (χ1n) is 6.02. The summed E-state index contributed by atoms with van der Waals surface area (Å²) < 4.78 is 26.5. The fraction of sp³-hybridized carbons (Fsp3) is 0.500. The fourth-order valence-corrected chi connectivity index (χ4v) is 2.05. The number of aromatic nitrogens is 1. The van der Waals surface area contributed by atoms with E-state index in [9.17, 15) is 18.7 Å². The summed E-state index contributed by atoms with van der Waals surface area (Å²) in [5.41, 5.74) is 0. The minimum atomic E-state index is -3.19. The molecule has 2 N–H and O–H groups in total. The van der Waals surface area contributed by atoms with Crippen LogP contribution in [0, 0.1) is 0 Å². The van der Waals surface area contributed by atoms with Crippen LogP contribution in [-0.2, 0) is 4.79 Å². The summed E-state index contributed by atoms with van der Waals surface area (Å²) in [5.74, 6) is -3.37. The van der Waals surface area contributed by atoms with Gasteiger partial charge in [-0.25, -0.2) is 13.8 Å². The van der Waals surface area contributed by atoms with Gasteiger partial charge in [0.25, 0.3) is 5.92 Å². The molecule has 2 rings (SSSR count). The highest BCUT2D eigenvalue weighted by molar-refractivity contribution is 6.30. The van der Waals surface area contributed by atoms with Gasteiger partial charge in [-0.3, -0.25) is 9.69 Å². The molecule has 110 valence electrons. The molecule has 2 heterocycles. The molecular weight excluding hydrogens is 292 g/mol. The van der Waals surface area contributed by atoms with Gasteiger partial charge in [0, 0.05) is 12.7 Å². The lowest BCUT2D eigenvalue weighted by molar-refractivity contribution is -0.120. The van der Waals surface area contributed by atoms with Crippen LogP contribution in [0.4, 0.5) is 14.6 Å². The third-order valence-electron chi connectivity index (χ3n) is 3.21. The van der Waals surface area contributed by atoms with E-state index in [0.29, 0.717) is 5.02 Å². The number of aliphatic hydroxyl groups is 1. The van der Waals surface area contributed by atoms with E-state index in [4.69, 9.17) is 11.6 Å². The van der Waals surface area contributed by atoms with Gasteiger partial charge < -0.3 is 10.4 Å². The first kappa shape index (κ1) is 15.1. The van der Waals surface area contributed by atoms with Crippen molar-refractivity contribution in [2.45, 2.75) is 25.0 Å². The maximum atomic E-state index is 13.2.